The van der Waals surface area contributed by atoms with Crippen LogP contribution in [0.5, 0.6) is 0 Å². The van der Waals surface area contributed by atoms with Crippen LogP contribution in [0.2, 0.25) is 0 Å². The topological polar surface area (TPSA) is 61.0 Å². The Balaban J connectivity index is 1.86. The molecule has 122 valence electrons. The predicted molar refractivity (Wildman–Crippen MR) is 89.2 cm³/mol. The maximum absolute atomic E-state index is 10.9. The minimum absolute atomic E-state index is 0.182. The van der Waals surface area contributed by atoms with Gasteiger partial charge in [0, 0.05) is 32.1 Å². The summed E-state index contributed by atoms with van der Waals surface area (Å²) in [6.45, 7) is 14.1. The lowest BCUT2D eigenvalue weighted by molar-refractivity contribution is -0.137. The van der Waals surface area contributed by atoms with Crippen LogP contribution < -0.4 is 9.80 Å². The molecule has 1 N–H and O–H groups in total. The smallest absolute Gasteiger partial charge is 0.303 e. The van der Waals surface area contributed by atoms with Gasteiger partial charge in [-0.3, -0.25) is 4.79 Å². The average molecular weight is 314 g/mol. The second-order valence-corrected chi connectivity index (χ2v) is 6.61. The zero-order valence-electron chi connectivity index (χ0n) is 13.6. The van der Waals surface area contributed by atoms with Crippen molar-refractivity contribution in [2.24, 2.45) is 5.92 Å². The number of aryl methyl sites for hydroxylation is 1. The lowest BCUT2D eigenvalue weighted by atomic mass is 10.0. The van der Waals surface area contributed by atoms with E-state index in [-0.39, 0.29) is 12.3 Å². The van der Waals surface area contributed by atoms with Gasteiger partial charge in [0.15, 0.2) is 0 Å². The van der Waals surface area contributed by atoms with E-state index in [0.717, 1.165) is 49.7 Å². The number of rotatable bonds is 4. The van der Waals surface area contributed by atoms with Crippen molar-refractivity contribution in [2.75, 3.05) is 29.4 Å². The highest BCUT2D eigenvalue weighted by atomic mass is 16.4. The summed E-state index contributed by atoms with van der Waals surface area (Å²) in [5, 5.41) is 8.95. The van der Waals surface area contributed by atoms with Gasteiger partial charge in [0.1, 0.15) is 11.6 Å². The van der Waals surface area contributed by atoms with E-state index in [0.29, 0.717) is 11.7 Å². The van der Waals surface area contributed by atoms with Crippen LogP contribution in [-0.4, -0.2) is 41.7 Å². The van der Waals surface area contributed by atoms with Crippen molar-refractivity contribution in [2.45, 2.75) is 39.2 Å². The summed E-state index contributed by atoms with van der Waals surface area (Å²) in [7, 11) is 0. The van der Waals surface area contributed by atoms with Crippen LogP contribution in [0.25, 0.3) is 4.85 Å². The second-order valence-electron chi connectivity index (χ2n) is 6.61. The number of pyridine rings is 1. The molecular formula is C17H22N4O2. The standard InChI is InChI=1S/C17H22N4O2/c1-11-8-14(20-6-5-13(10-20)9-15(22)23)19-17(16(11)18-3)21-7-4-12(21)2/h8,12-13H,4-7,9-10H2,1-2H3,(H,22,23)/t12-,13?/m0/s1. The highest BCUT2D eigenvalue weighted by Gasteiger charge is 2.30. The van der Waals surface area contributed by atoms with E-state index < -0.39 is 5.97 Å². The molecule has 0 radical (unpaired) electrons. The first-order valence-corrected chi connectivity index (χ1v) is 8.12. The Hall–Kier alpha value is -2.29. The molecule has 0 spiro atoms. The maximum atomic E-state index is 10.9. The Morgan fingerprint density at radius 1 is 1.48 bits per heavy atom. The zero-order chi connectivity index (χ0) is 16.6. The Labute approximate surface area is 136 Å². The third-order valence-corrected chi connectivity index (χ3v) is 4.93. The summed E-state index contributed by atoms with van der Waals surface area (Å²) in [6, 6.07) is 2.39. The van der Waals surface area contributed by atoms with Gasteiger partial charge < -0.3 is 14.9 Å². The summed E-state index contributed by atoms with van der Waals surface area (Å²) >= 11 is 0. The van der Waals surface area contributed by atoms with Gasteiger partial charge in [0.05, 0.1) is 6.57 Å². The first-order chi connectivity index (χ1) is 11.0. The van der Waals surface area contributed by atoms with Crippen LogP contribution in [0.3, 0.4) is 0 Å². The number of carbonyl (C=O) groups is 1. The molecule has 1 aromatic rings. The molecule has 6 nitrogen and oxygen atoms in total. The van der Waals surface area contributed by atoms with Crippen molar-refractivity contribution in [3.63, 3.8) is 0 Å². The first-order valence-electron chi connectivity index (χ1n) is 8.12. The lowest BCUT2D eigenvalue weighted by Crippen LogP contribution is -2.46. The SMILES string of the molecule is [C-]#[N+]c1c(C)cc(N2CCC(CC(=O)O)C2)nc1N1CC[C@@H]1C. The van der Waals surface area contributed by atoms with Gasteiger partial charge in [-0.25, -0.2) is 9.83 Å². The molecule has 2 atom stereocenters. The highest BCUT2D eigenvalue weighted by molar-refractivity contribution is 5.74. The molecule has 6 heteroatoms. The average Bonchev–Trinajstić information content (AvgIpc) is 2.93. The molecule has 3 heterocycles. The van der Waals surface area contributed by atoms with Gasteiger partial charge in [0.2, 0.25) is 5.69 Å². The molecular weight excluding hydrogens is 292 g/mol. The summed E-state index contributed by atoms with van der Waals surface area (Å²) < 4.78 is 0. The van der Waals surface area contributed by atoms with Crippen molar-refractivity contribution >= 4 is 23.3 Å². The van der Waals surface area contributed by atoms with Crippen molar-refractivity contribution in [1.29, 1.82) is 0 Å². The molecule has 0 saturated carbocycles. The maximum Gasteiger partial charge on any atom is 0.303 e. The summed E-state index contributed by atoms with van der Waals surface area (Å²) in [4.78, 5) is 23.7. The monoisotopic (exact) mass is 314 g/mol. The Morgan fingerprint density at radius 3 is 2.83 bits per heavy atom. The Morgan fingerprint density at radius 2 is 2.26 bits per heavy atom. The third-order valence-electron chi connectivity index (χ3n) is 4.93. The van der Waals surface area contributed by atoms with E-state index in [1.807, 2.05) is 13.0 Å². The molecule has 1 unspecified atom stereocenters. The van der Waals surface area contributed by atoms with Gasteiger partial charge in [-0.1, -0.05) is 0 Å². The number of aliphatic carboxylic acids is 1. The number of carboxylic acids is 1. The number of carboxylic acid groups (broad SMARTS) is 1. The van der Waals surface area contributed by atoms with Crippen LogP contribution in [0.15, 0.2) is 6.07 Å². The van der Waals surface area contributed by atoms with Crippen LogP contribution in [0.1, 0.15) is 31.7 Å². The Bertz CT molecular complexity index is 667. The van der Waals surface area contributed by atoms with E-state index in [4.69, 9.17) is 16.7 Å². The largest absolute Gasteiger partial charge is 0.481 e. The van der Waals surface area contributed by atoms with Gasteiger partial charge >= 0.3 is 5.97 Å². The van der Waals surface area contributed by atoms with Crippen LogP contribution in [0.4, 0.5) is 17.3 Å². The van der Waals surface area contributed by atoms with Gasteiger partial charge in [-0.2, -0.15) is 0 Å². The van der Waals surface area contributed by atoms with Crippen molar-refractivity contribution in [3.8, 4) is 0 Å². The van der Waals surface area contributed by atoms with E-state index >= 15 is 0 Å². The molecule has 3 rings (SSSR count). The van der Waals surface area contributed by atoms with E-state index in [1.54, 1.807) is 0 Å². The number of anilines is 2. The molecule has 2 saturated heterocycles. The third kappa shape index (κ3) is 2.96. The van der Waals surface area contributed by atoms with E-state index in [9.17, 15) is 4.79 Å². The second kappa shape index (κ2) is 6.07. The summed E-state index contributed by atoms with van der Waals surface area (Å²) in [5.41, 5.74) is 1.59. The number of nitrogens with zero attached hydrogens (tertiary/aromatic N) is 4. The Kier molecular flexibility index (Phi) is 4.12. The molecule has 0 bridgehead atoms. The molecule has 0 aliphatic carbocycles. The lowest BCUT2D eigenvalue weighted by Gasteiger charge is -2.41. The normalized spacial score (nSPS) is 23.5. The van der Waals surface area contributed by atoms with Crippen molar-refractivity contribution < 1.29 is 9.90 Å². The van der Waals surface area contributed by atoms with E-state index in [2.05, 4.69) is 21.6 Å². The molecule has 23 heavy (non-hydrogen) atoms. The molecule has 0 aromatic carbocycles. The minimum atomic E-state index is -0.737. The van der Waals surface area contributed by atoms with Crippen molar-refractivity contribution in [1.82, 2.24) is 4.98 Å². The minimum Gasteiger partial charge on any atom is -0.481 e. The molecule has 1 aromatic heterocycles. The van der Waals surface area contributed by atoms with Gasteiger partial charge in [-0.05, 0) is 44.2 Å². The van der Waals surface area contributed by atoms with Crippen LogP contribution >= 0.6 is 0 Å². The number of aromatic nitrogens is 1. The zero-order valence-corrected chi connectivity index (χ0v) is 13.6. The fourth-order valence-corrected chi connectivity index (χ4v) is 3.42. The predicted octanol–water partition coefficient (Wildman–Crippen LogP) is 2.84. The molecule has 2 aliphatic rings. The fourth-order valence-electron chi connectivity index (χ4n) is 3.42. The number of hydrogen-bond acceptors (Lipinski definition) is 4. The fraction of sp³-hybridized carbons (Fsp3) is 0.588. The van der Waals surface area contributed by atoms with Gasteiger partial charge in [0.25, 0.3) is 0 Å². The van der Waals surface area contributed by atoms with Gasteiger partial charge in [-0.15, -0.1) is 0 Å². The quantitative estimate of drug-likeness (QED) is 0.866. The summed E-state index contributed by atoms with van der Waals surface area (Å²) in [6.07, 6.45) is 2.23. The summed E-state index contributed by atoms with van der Waals surface area (Å²) in [5.74, 6) is 1.10. The van der Waals surface area contributed by atoms with Crippen molar-refractivity contribution in [3.05, 3.63) is 23.0 Å². The molecule has 2 aliphatic heterocycles. The first kappa shape index (κ1) is 15.6. The molecule has 2 fully saturated rings. The highest BCUT2D eigenvalue weighted by Crippen LogP contribution is 2.38. The van der Waals surface area contributed by atoms with E-state index in [1.165, 1.54) is 0 Å². The van der Waals surface area contributed by atoms with Crippen LogP contribution in [-0.2, 0) is 4.79 Å². The number of hydrogen-bond donors (Lipinski definition) is 1. The van der Waals surface area contributed by atoms with Crippen LogP contribution in [0, 0.1) is 19.4 Å². The molecule has 0 amide bonds.